The Hall–Kier alpha value is -2.24. The van der Waals surface area contributed by atoms with Crippen LogP contribution in [0.15, 0.2) is 54.6 Å². The molecule has 156 valence electrons. The molecule has 1 heterocycles. The highest BCUT2D eigenvalue weighted by Gasteiger charge is 2.21. The van der Waals surface area contributed by atoms with Crippen LogP contribution >= 0.6 is 0 Å². The lowest BCUT2D eigenvalue weighted by Gasteiger charge is -2.36. The van der Waals surface area contributed by atoms with Crippen molar-refractivity contribution in [2.75, 3.05) is 32.7 Å². The summed E-state index contributed by atoms with van der Waals surface area (Å²) in [4.78, 5) is 17.4. The molecule has 0 spiro atoms. The number of amides is 1. The summed E-state index contributed by atoms with van der Waals surface area (Å²) in [6.45, 7) is 10.0. The highest BCUT2D eigenvalue weighted by molar-refractivity contribution is 5.78. The van der Waals surface area contributed by atoms with Gasteiger partial charge in [0.15, 0.2) is 0 Å². The Bertz CT molecular complexity index is 757. The summed E-state index contributed by atoms with van der Waals surface area (Å²) >= 11 is 0. The van der Waals surface area contributed by atoms with E-state index < -0.39 is 0 Å². The van der Waals surface area contributed by atoms with Gasteiger partial charge in [0.1, 0.15) is 5.82 Å². The first kappa shape index (κ1) is 21.5. The minimum Gasteiger partial charge on any atom is -0.352 e. The third-order valence-corrected chi connectivity index (χ3v) is 5.54. The molecule has 1 unspecified atom stereocenters. The SMILES string of the molecule is CC(Cc1ccc(F)cc1)C(=O)N[C@@H](C)CN1CCN(Cc2ccccc2)CC1. The molecule has 2 aromatic rings. The van der Waals surface area contributed by atoms with Gasteiger partial charge in [-0.2, -0.15) is 0 Å². The predicted molar refractivity (Wildman–Crippen MR) is 115 cm³/mol. The molecule has 5 heteroatoms. The van der Waals surface area contributed by atoms with E-state index in [1.54, 1.807) is 12.1 Å². The minimum atomic E-state index is -0.247. The zero-order valence-electron chi connectivity index (χ0n) is 17.5. The molecule has 1 aliphatic rings. The highest BCUT2D eigenvalue weighted by atomic mass is 19.1. The molecule has 1 amide bonds. The van der Waals surface area contributed by atoms with Crippen molar-refractivity contribution in [2.24, 2.45) is 5.92 Å². The molecule has 0 saturated carbocycles. The summed E-state index contributed by atoms with van der Waals surface area (Å²) in [6, 6.07) is 17.1. The van der Waals surface area contributed by atoms with E-state index in [1.165, 1.54) is 17.7 Å². The van der Waals surface area contributed by atoms with Crippen LogP contribution in [0.25, 0.3) is 0 Å². The molecule has 2 aromatic carbocycles. The first-order valence-corrected chi connectivity index (χ1v) is 10.5. The van der Waals surface area contributed by atoms with Crippen molar-refractivity contribution in [3.05, 3.63) is 71.5 Å². The normalized spacial score (nSPS) is 17.6. The van der Waals surface area contributed by atoms with Gasteiger partial charge in [-0.05, 0) is 36.6 Å². The molecule has 1 aliphatic heterocycles. The number of piperazine rings is 1. The van der Waals surface area contributed by atoms with E-state index in [0.717, 1.165) is 44.8 Å². The van der Waals surface area contributed by atoms with E-state index in [0.29, 0.717) is 6.42 Å². The monoisotopic (exact) mass is 397 g/mol. The summed E-state index contributed by atoms with van der Waals surface area (Å²) < 4.78 is 13.0. The van der Waals surface area contributed by atoms with Gasteiger partial charge >= 0.3 is 0 Å². The fourth-order valence-electron chi connectivity index (χ4n) is 3.86. The maximum absolute atomic E-state index is 13.0. The average molecular weight is 398 g/mol. The zero-order chi connectivity index (χ0) is 20.6. The Labute approximate surface area is 173 Å². The Morgan fingerprint density at radius 3 is 2.21 bits per heavy atom. The Morgan fingerprint density at radius 2 is 1.55 bits per heavy atom. The van der Waals surface area contributed by atoms with Crippen LogP contribution in [0.1, 0.15) is 25.0 Å². The van der Waals surface area contributed by atoms with Crippen molar-refractivity contribution in [1.29, 1.82) is 0 Å². The van der Waals surface area contributed by atoms with Gasteiger partial charge in [0, 0.05) is 51.2 Å². The maximum Gasteiger partial charge on any atom is 0.223 e. The molecular weight excluding hydrogens is 365 g/mol. The lowest BCUT2D eigenvalue weighted by molar-refractivity contribution is -0.125. The molecule has 1 saturated heterocycles. The lowest BCUT2D eigenvalue weighted by atomic mass is 10.00. The van der Waals surface area contributed by atoms with Crippen LogP contribution in [0.5, 0.6) is 0 Å². The average Bonchev–Trinajstić information content (AvgIpc) is 2.72. The number of rotatable bonds is 8. The quantitative estimate of drug-likeness (QED) is 0.742. The predicted octanol–water partition coefficient (Wildman–Crippen LogP) is 3.33. The Balaban J connectivity index is 1.37. The van der Waals surface area contributed by atoms with Gasteiger partial charge in [0.25, 0.3) is 0 Å². The van der Waals surface area contributed by atoms with Gasteiger partial charge in [-0.15, -0.1) is 0 Å². The summed E-state index contributed by atoms with van der Waals surface area (Å²) in [5, 5.41) is 3.14. The first-order valence-electron chi connectivity index (χ1n) is 10.5. The molecule has 4 nitrogen and oxygen atoms in total. The first-order chi connectivity index (χ1) is 14.0. The number of nitrogens with zero attached hydrogens (tertiary/aromatic N) is 2. The van der Waals surface area contributed by atoms with Crippen LogP contribution in [0, 0.1) is 11.7 Å². The van der Waals surface area contributed by atoms with E-state index in [4.69, 9.17) is 0 Å². The molecule has 1 fully saturated rings. The summed E-state index contributed by atoms with van der Waals surface area (Å²) in [5.41, 5.74) is 2.34. The third-order valence-electron chi connectivity index (χ3n) is 5.54. The summed E-state index contributed by atoms with van der Waals surface area (Å²) in [7, 11) is 0. The number of carbonyl (C=O) groups excluding carboxylic acids is 1. The van der Waals surface area contributed by atoms with Crippen molar-refractivity contribution >= 4 is 5.91 Å². The minimum absolute atomic E-state index is 0.0598. The largest absolute Gasteiger partial charge is 0.352 e. The van der Waals surface area contributed by atoms with Crippen molar-refractivity contribution in [2.45, 2.75) is 32.9 Å². The number of benzene rings is 2. The molecule has 0 radical (unpaired) electrons. The van der Waals surface area contributed by atoms with Gasteiger partial charge in [0.05, 0.1) is 0 Å². The summed E-state index contributed by atoms with van der Waals surface area (Å²) in [5.74, 6) is -0.321. The number of halogens is 1. The van der Waals surface area contributed by atoms with Crippen LogP contribution in [-0.2, 0) is 17.8 Å². The number of hydrogen-bond acceptors (Lipinski definition) is 3. The topological polar surface area (TPSA) is 35.6 Å². The molecule has 29 heavy (non-hydrogen) atoms. The van der Waals surface area contributed by atoms with E-state index >= 15 is 0 Å². The van der Waals surface area contributed by atoms with E-state index in [9.17, 15) is 9.18 Å². The maximum atomic E-state index is 13.0. The van der Waals surface area contributed by atoms with Gasteiger partial charge in [0.2, 0.25) is 5.91 Å². The molecule has 2 atom stereocenters. The van der Waals surface area contributed by atoms with Crippen molar-refractivity contribution in [1.82, 2.24) is 15.1 Å². The smallest absolute Gasteiger partial charge is 0.223 e. The fourth-order valence-corrected chi connectivity index (χ4v) is 3.86. The third kappa shape index (κ3) is 6.94. The van der Waals surface area contributed by atoms with Crippen LogP contribution < -0.4 is 5.32 Å². The van der Waals surface area contributed by atoms with Crippen molar-refractivity contribution in [3.8, 4) is 0 Å². The molecule has 0 bridgehead atoms. The molecule has 0 aliphatic carbocycles. The Kier molecular flexibility index (Phi) is 7.78. The van der Waals surface area contributed by atoms with Gasteiger partial charge in [-0.1, -0.05) is 49.4 Å². The van der Waals surface area contributed by atoms with Gasteiger partial charge in [-0.3, -0.25) is 14.6 Å². The second-order valence-corrected chi connectivity index (χ2v) is 8.20. The molecule has 0 aromatic heterocycles. The zero-order valence-corrected chi connectivity index (χ0v) is 17.5. The van der Waals surface area contributed by atoms with Crippen molar-refractivity contribution in [3.63, 3.8) is 0 Å². The van der Waals surface area contributed by atoms with Crippen LogP contribution in [0.4, 0.5) is 4.39 Å². The second kappa shape index (κ2) is 10.5. The van der Waals surface area contributed by atoms with E-state index in [-0.39, 0.29) is 23.7 Å². The lowest BCUT2D eigenvalue weighted by Crippen LogP contribution is -2.51. The summed E-state index contributed by atoms with van der Waals surface area (Å²) in [6.07, 6.45) is 0.622. The van der Waals surface area contributed by atoms with Crippen LogP contribution in [0.2, 0.25) is 0 Å². The number of nitrogens with one attached hydrogen (secondary N) is 1. The number of carbonyl (C=O) groups is 1. The van der Waals surface area contributed by atoms with E-state index in [2.05, 4.69) is 52.4 Å². The van der Waals surface area contributed by atoms with Gasteiger partial charge < -0.3 is 5.32 Å². The highest BCUT2D eigenvalue weighted by Crippen LogP contribution is 2.11. The van der Waals surface area contributed by atoms with Gasteiger partial charge in [-0.25, -0.2) is 4.39 Å². The van der Waals surface area contributed by atoms with Crippen LogP contribution in [0.3, 0.4) is 0 Å². The standard InChI is InChI=1S/C24H32FN3O/c1-19(16-21-8-10-23(25)11-9-21)24(29)26-20(2)17-27-12-14-28(15-13-27)18-22-6-4-3-5-7-22/h3-11,19-20H,12-18H2,1-2H3,(H,26,29)/t19?,20-/m0/s1. The van der Waals surface area contributed by atoms with E-state index in [1.807, 2.05) is 6.92 Å². The fraction of sp³-hybridized carbons (Fsp3) is 0.458. The molecular formula is C24H32FN3O. The molecule has 3 rings (SSSR count). The van der Waals surface area contributed by atoms with Crippen molar-refractivity contribution < 1.29 is 9.18 Å². The second-order valence-electron chi connectivity index (χ2n) is 8.20. The Morgan fingerprint density at radius 1 is 0.931 bits per heavy atom. The van der Waals surface area contributed by atoms with Crippen LogP contribution in [-0.4, -0.2) is 54.5 Å². The molecule has 1 N–H and O–H groups in total. The number of hydrogen-bond donors (Lipinski definition) is 1.